The maximum absolute atomic E-state index is 12.6. The van der Waals surface area contributed by atoms with Gasteiger partial charge in [-0.1, -0.05) is 48.5 Å². The molecule has 4 heterocycles. The van der Waals surface area contributed by atoms with Crippen molar-refractivity contribution in [1.29, 1.82) is 0 Å². The van der Waals surface area contributed by atoms with Crippen molar-refractivity contribution in [3.05, 3.63) is 70.8 Å². The van der Waals surface area contributed by atoms with Crippen molar-refractivity contribution < 1.29 is 23.9 Å². The van der Waals surface area contributed by atoms with Gasteiger partial charge in [0.05, 0.1) is 25.3 Å². The molecule has 61 heavy (non-hydrogen) atoms. The third kappa shape index (κ3) is 16.6. The molecule has 0 radical (unpaired) electrons. The maximum atomic E-state index is 12.6. The molecule has 0 atom stereocenters. The molecule has 4 aliphatic heterocycles. The minimum absolute atomic E-state index is 0.0180. The lowest BCUT2D eigenvalue weighted by Gasteiger charge is -2.37. The van der Waals surface area contributed by atoms with E-state index in [0.29, 0.717) is 38.1 Å². The second-order valence-corrected chi connectivity index (χ2v) is 18.2. The number of Topliss-reactive ketones (excluding diaryl/α,β-unsaturated/α-hetero) is 2. The Morgan fingerprint density at radius 3 is 1.16 bits per heavy atom. The Morgan fingerprint density at radius 1 is 0.492 bits per heavy atom. The van der Waals surface area contributed by atoms with Crippen molar-refractivity contribution >= 4 is 23.4 Å². The number of piperidine rings is 4. The number of carbonyl (C=O) groups is 4. The van der Waals surface area contributed by atoms with Gasteiger partial charge >= 0.3 is 0 Å². The molecule has 0 saturated carbocycles. The van der Waals surface area contributed by atoms with Gasteiger partial charge in [0.25, 0.3) is 0 Å². The van der Waals surface area contributed by atoms with Crippen molar-refractivity contribution in [1.82, 2.24) is 30.2 Å². The molecule has 4 saturated heterocycles. The van der Waals surface area contributed by atoms with E-state index in [2.05, 4.69) is 78.8 Å². The van der Waals surface area contributed by atoms with Crippen LogP contribution in [0.25, 0.3) is 0 Å². The van der Waals surface area contributed by atoms with Gasteiger partial charge in [-0.25, -0.2) is 0 Å². The Bertz CT molecular complexity index is 1520. The summed E-state index contributed by atoms with van der Waals surface area (Å²) in [6, 6.07) is 17.2. The molecule has 2 aromatic carbocycles. The Hall–Kier alpha value is -3.56. The van der Waals surface area contributed by atoms with Crippen LogP contribution in [0.1, 0.15) is 86.5 Å². The zero-order chi connectivity index (χ0) is 42.8. The topological polar surface area (TPSA) is 167 Å². The maximum Gasteiger partial charge on any atom is 0.220 e. The summed E-state index contributed by atoms with van der Waals surface area (Å²) in [5.74, 6) is 0.197. The number of hydrogen-bond donors (Lipinski definition) is 4. The number of likely N-dealkylation sites (tertiary alicyclic amines) is 4. The quantitative estimate of drug-likeness (QED) is 0.115. The zero-order valence-corrected chi connectivity index (χ0v) is 36.7. The molecule has 13 heteroatoms. The number of benzene rings is 2. The largest absolute Gasteiger partial charge is 0.375 e. The van der Waals surface area contributed by atoms with Crippen molar-refractivity contribution in [2.75, 3.05) is 91.6 Å². The Balaban J connectivity index is 0.724. The summed E-state index contributed by atoms with van der Waals surface area (Å²) in [6.45, 7) is 13.9. The lowest BCUT2D eigenvalue weighted by Crippen LogP contribution is -2.44. The van der Waals surface area contributed by atoms with Crippen LogP contribution in [-0.4, -0.2) is 147 Å². The molecular weight excluding hydrogens is 769 g/mol. The molecule has 6 rings (SSSR count). The van der Waals surface area contributed by atoms with E-state index in [1.807, 2.05) is 0 Å². The summed E-state index contributed by atoms with van der Waals surface area (Å²) in [5.41, 5.74) is 15.8. The van der Waals surface area contributed by atoms with Crippen LogP contribution in [0.4, 0.5) is 0 Å². The molecule has 0 spiro atoms. The van der Waals surface area contributed by atoms with Gasteiger partial charge in [0, 0.05) is 90.1 Å². The Labute approximate surface area is 364 Å². The van der Waals surface area contributed by atoms with Crippen LogP contribution in [0, 0.1) is 11.8 Å². The van der Waals surface area contributed by atoms with Crippen LogP contribution in [0.15, 0.2) is 48.5 Å². The number of rotatable bonds is 24. The molecule has 0 bridgehead atoms. The highest BCUT2D eigenvalue weighted by Crippen LogP contribution is 2.22. The molecule has 4 aliphatic rings. The highest BCUT2D eigenvalue weighted by atomic mass is 16.5. The minimum atomic E-state index is -0.173. The third-order valence-corrected chi connectivity index (χ3v) is 13.5. The van der Waals surface area contributed by atoms with E-state index in [-0.39, 0.29) is 35.2 Å². The molecule has 13 nitrogen and oxygen atoms in total. The normalized spacial score (nSPS) is 19.9. The molecule has 4 fully saturated rings. The van der Waals surface area contributed by atoms with Gasteiger partial charge in [0.1, 0.15) is 11.6 Å². The molecule has 0 unspecified atom stereocenters. The van der Waals surface area contributed by atoms with E-state index < -0.39 is 0 Å². The summed E-state index contributed by atoms with van der Waals surface area (Å²) >= 11 is 0. The van der Waals surface area contributed by atoms with Crippen molar-refractivity contribution in [3.63, 3.8) is 0 Å². The lowest BCUT2D eigenvalue weighted by molar-refractivity contribution is -0.124. The zero-order valence-electron chi connectivity index (χ0n) is 36.7. The molecule has 0 aliphatic carbocycles. The first-order valence-electron chi connectivity index (χ1n) is 23.4. The molecule has 2 amide bonds. The summed E-state index contributed by atoms with van der Waals surface area (Å²) in [5, 5.41) is 6.74. The first-order valence-corrected chi connectivity index (χ1v) is 23.4. The van der Waals surface area contributed by atoms with Gasteiger partial charge in [0.2, 0.25) is 11.8 Å². The molecule has 2 aromatic rings. The van der Waals surface area contributed by atoms with Crippen LogP contribution < -0.4 is 22.1 Å². The van der Waals surface area contributed by atoms with Crippen LogP contribution in [0.2, 0.25) is 0 Å². The average Bonchev–Trinajstić information content (AvgIpc) is 3.27. The van der Waals surface area contributed by atoms with E-state index in [9.17, 15) is 19.2 Å². The fourth-order valence-corrected chi connectivity index (χ4v) is 9.37. The van der Waals surface area contributed by atoms with Crippen molar-refractivity contribution in [2.45, 2.75) is 102 Å². The highest BCUT2D eigenvalue weighted by molar-refractivity contribution is 5.81. The molecule has 336 valence electrons. The van der Waals surface area contributed by atoms with Crippen LogP contribution in [0.5, 0.6) is 0 Å². The first kappa shape index (κ1) is 46.9. The van der Waals surface area contributed by atoms with Gasteiger partial charge in [-0.3, -0.25) is 29.0 Å². The van der Waals surface area contributed by atoms with Gasteiger partial charge in [-0.15, -0.1) is 0 Å². The van der Waals surface area contributed by atoms with Gasteiger partial charge in [-0.05, 0) is 113 Å². The average molecular weight is 843 g/mol. The second-order valence-electron chi connectivity index (χ2n) is 18.2. The summed E-state index contributed by atoms with van der Waals surface area (Å²) in [4.78, 5) is 57.7. The Morgan fingerprint density at radius 2 is 0.820 bits per heavy atom. The van der Waals surface area contributed by atoms with E-state index in [4.69, 9.17) is 16.2 Å². The van der Waals surface area contributed by atoms with Gasteiger partial charge in [-0.2, -0.15) is 0 Å². The van der Waals surface area contributed by atoms with E-state index in [1.54, 1.807) is 0 Å². The fraction of sp³-hybridized carbons (Fsp3) is 0.667. The fourth-order valence-electron chi connectivity index (χ4n) is 9.37. The minimum Gasteiger partial charge on any atom is -0.375 e. The number of primary amides is 2. The number of ketones is 2. The number of nitrogens with two attached hydrogens (primary N) is 2. The van der Waals surface area contributed by atoms with Crippen LogP contribution in [-0.2, 0) is 49.8 Å². The molecule has 6 N–H and O–H groups in total. The molecular formula is C48H74N8O5. The first-order chi connectivity index (χ1) is 29.6. The SMILES string of the molecule is NC(=O)C1CCN(Cc2ccc(CCC(=O)CNCCN3CCC(OC4CCN(CCNCC(=O)CCc5ccc(CN6CCC(C(N)=O)CC6)cc5)CC4)CC3)cc2)CC1. The third-order valence-electron chi connectivity index (χ3n) is 13.5. The van der Waals surface area contributed by atoms with E-state index in [0.717, 1.165) is 156 Å². The highest BCUT2D eigenvalue weighted by Gasteiger charge is 2.27. The monoisotopic (exact) mass is 843 g/mol. The van der Waals surface area contributed by atoms with Gasteiger partial charge in [0.15, 0.2) is 0 Å². The summed E-state index contributed by atoms with van der Waals surface area (Å²) in [6.07, 6.45) is 10.9. The number of aryl methyl sites for hydroxylation is 2. The summed E-state index contributed by atoms with van der Waals surface area (Å²) < 4.78 is 6.57. The lowest BCUT2D eigenvalue weighted by atomic mass is 9.96. The van der Waals surface area contributed by atoms with E-state index in [1.165, 1.54) is 22.3 Å². The number of carbonyl (C=O) groups excluding carboxylic acids is 4. The second kappa shape index (κ2) is 24.9. The number of amides is 2. The van der Waals surface area contributed by atoms with Crippen LogP contribution in [0.3, 0.4) is 0 Å². The number of nitrogens with zero attached hydrogens (tertiary/aromatic N) is 4. The van der Waals surface area contributed by atoms with E-state index >= 15 is 0 Å². The number of ether oxygens (including phenoxy) is 1. The predicted octanol–water partition coefficient (Wildman–Crippen LogP) is 2.91. The van der Waals surface area contributed by atoms with Crippen LogP contribution >= 0.6 is 0 Å². The van der Waals surface area contributed by atoms with Crippen molar-refractivity contribution in [2.24, 2.45) is 23.3 Å². The predicted molar refractivity (Wildman–Crippen MR) is 240 cm³/mol. The number of nitrogens with one attached hydrogen (secondary N) is 2. The standard InChI is InChI=1S/C48H74N8O5/c49-47(59)41-13-23-55(24-14-41)35-39-5-1-37(2-6-39)9-11-43(57)33-51-21-31-53-27-17-45(18-28-53)61-46-19-29-54(30-20-46)32-22-52-34-44(58)12-10-38-3-7-40(8-4-38)36-56-25-15-42(16-26-56)48(50)60/h1-8,41-42,45-46,51-52H,9-36H2,(H2,49,59)(H2,50,60). The number of hydrogen-bond acceptors (Lipinski definition) is 11. The smallest absolute Gasteiger partial charge is 0.220 e. The van der Waals surface area contributed by atoms with Gasteiger partial charge < -0.3 is 36.6 Å². The van der Waals surface area contributed by atoms with Crippen molar-refractivity contribution in [3.8, 4) is 0 Å². The Kier molecular flexibility index (Phi) is 19.2. The molecule has 0 aromatic heterocycles. The summed E-state index contributed by atoms with van der Waals surface area (Å²) in [7, 11) is 0.